The van der Waals surface area contributed by atoms with Crippen molar-refractivity contribution in [1.82, 2.24) is 10.2 Å². The van der Waals surface area contributed by atoms with Gasteiger partial charge in [-0.05, 0) is 52.6 Å². The maximum absolute atomic E-state index is 3.54. The summed E-state index contributed by atoms with van der Waals surface area (Å²) in [5, 5.41) is 3.54. The average molecular weight is 226 g/mol. The van der Waals surface area contributed by atoms with E-state index in [1.54, 1.807) is 0 Å². The molecule has 1 aliphatic rings. The van der Waals surface area contributed by atoms with Crippen molar-refractivity contribution in [2.75, 3.05) is 14.1 Å². The van der Waals surface area contributed by atoms with Gasteiger partial charge in [0.05, 0.1) is 0 Å². The van der Waals surface area contributed by atoms with E-state index in [0.29, 0.717) is 23.0 Å². The summed E-state index contributed by atoms with van der Waals surface area (Å²) in [6.45, 7) is 11.8. The van der Waals surface area contributed by atoms with Gasteiger partial charge in [-0.15, -0.1) is 0 Å². The van der Waals surface area contributed by atoms with E-state index in [1.165, 1.54) is 19.3 Å². The fourth-order valence-corrected chi connectivity index (χ4v) is 3.06. The number of nitrogens with one attached hydrogen (secondary N) is 1. The predicted octanol–water partition coefficient (Wildman–Crippen LogP) is 2.88. The largest absolute Gasteiger partial charge is 0.315 e. The van der Waals surface area contributed by atoms with Crippen LogP contribution >= 0.6 is 0 Å². The summed E-state index contributed by atoms with van der Waals surface area (Å²) in [6, 6.07) is 1.29. The molecule has 0 aromatic heterocycles. The number of nitrogens with zero attached hydrogens (tertiary/aromatic N) is 1. The second-order valence-electron chi connectivity index (χ2n) is 6.64. The molecule has 0 aromatic rings. The maximum Gasteiger partial charge on any atom is 0.0271 e. The van der Waals surface area contributed by atoms with E-state index in [4.69, 9.17) is 0 Å². The number of rotatable bonds is 4. The highest BCUT2D eigenvalue weighted by Gasteiger charge is 2.45. The van der Waals surface area contributed by atoms with Crippen LogP contribution in [0.15, 0.2) is 0 Å². The summed E-state index contributed by atoms with van der Waals surface area (Å²) in [5.74, 6) is 0. The zero-order valence-corrected chi connectivity index (χ0v) is 12.2. The molecule has 2 heteroatoms. The van der Waals surface area contributed by atoms with Crippen molar-refractivity contribution in [3.05, 3.63) is 0 Å². The quantitative estimate of drug-likeness (QED) is 0.793. The zero-order valence-electron chi connectivity index (χ0n) is 12.2. The lowest BCUT2D eigenvalue weighted by Gasteiger charge is -2.43. The number of likely N-dealkylation sites (N-methyl/N-ethyl adjacent to an activating group) is 2. The van der Waals surface area contributed by atoms with Crippen LogP contribution in [0.3, 0.4) is 0 Å². The molecule has 1 N–H and O–H groups in total. The Morgan fingerprint density at radius 1 is 1.38 bits per heavy atom. The van der Waals surface area contributed by atoms with Gasteiger partial charge >= 0.3 is 0 Å². The first-order chi connectivity index (χ1) is 7.26. The van der Waals surface area contributed by atoms with Gasteiger partial charge in [0.2, 0.25) is 0 Å². The number of hydrogen-bond acceptors (Lipinski definition) is 2. The first-order valence-corrected chi connectivity index (χ1v) is 6.66. The van der Waals surface area contributed by atoms with E-state index < -0.39 is 0 Å². The molecule has 0 aliphatic heterocycles. The summed E-state index contributed by atoms with van der Waals surface area (Å²) in [6.07, 6.45) is 3.85. The molecule has 1 fully saturated rings. The van der Waals surface area contributed by atoms with Gasteiger partial charge in [0.1, 0.15) is 0 Å². The predicted molar refractivity (Wildman–Crippen MR) is 71.8 cm³/mol. The molecule has 0 heterocycles. The number of hydrogen-bond donors (Lipinski definition) is 1. The van der Waals surface area contributed by atoms with Crippen LogP contribution in [0.25, 0.3) is 0 Å². The molecule has 0 radical (unpaired) electrons. The highest BCUT2D eigenvalue weighted by Crippen LogP contribution is 2.41. The van der Waals surface area contributed by atoms with E-state index in [-0.39, 0.29) is 0 Å². The van der Waals surface area contributed by atoms with Gasteiger partial charge in [0.15, 0.2) is 0 Å². The summed E-state index contributed by atoms with van der Waals surface area (Å²) in [4.78, 5) is 2.59. The molecular formula is C14H30N2. The second kappa shape index (κ2) is 4.66. The molecule has 0 amide bonds. The smallest absolute Gasteiger partial charge is 0.0271 e. The van der Waals surface area contributed by atoms with Crippen molar-refractivity contribution in [1.29, 1.82) is 0 Å². The third-order valence-corrected chi connectivity index (χ3v) is 4.94. The molecule has 0 bridgehead atoms. The molecular weight excluding hydrogens is 196 g/mol. The Morgan fingerprint density at radius 3 is 2.38 bits per heavy atom. The molecule has 2 unspecified atom stereocenters. The van der Waals surface area contributed by atoms with Crippen LogP contribution in [-0.2, 0) is 0 Å². The van der Waals surface area contributed by atoms with Crippen molar-refractivity contribution in [3.63, 3.8) is 0 Å². The van der Waals surface area contributed by atoms with Crippen LogP contribution in [0.1, 0.15) is 53.9 Å². The van der Waals surface area contributed by atoms with Crippen LogP contribution in [0, 0.1) is 5.41 Å². The molecule has 2 nitrogen and oxygen atoms in total. The lowest BCUT2D eigenvalue weighted by molar-refractivity contribution is 0.0740. The molecule has 96 valence electrons. The van der Waals surface area contributed by atoms with Crippen molar-refractivity contribution in [2.24, 2.45) is 5.41 Å². The van der Waals surface area contributed by atoms with E-state index in [0.717, 1.165) is 0 Å². The van der Waals surface area contributed by atoms with Gasteiger partial charge in [-0.2, -0.15) is 0 Å². The molecule has 1 saturated carbocycles. The summed E-state index contributed by atoms with van der Waals surface area (Å²) in [7, 11) is 4.40. The monoisotopic (exact) mass is 226 g/mol. The minimum Gasteiger partial charge on any atom is -0.315 e. The van der Waals surface area contributed by atoms with Crippen LogP contribution < -0.4 is 5.32 Å². The average Bonchev–Trinajstić information content (AvgIpc) is 2.52. The molecule has 2 atom stereocenters. The topological polar surface area (TPSA) is 15.3 Å². The Hall–Kier alpha value is -0.0800. The van der Waals surface area contributed by atoms with Crippen LogP contribution in [-0.4, -0.2) is 36.6 Å². The molecule has 1 rings (SSSR count). The van der Waals surface area contributed by atoms with Crippen molar-refractivity contribution in [3.8, 4) is 0 Å². The van der Waals surface area contributed by atoms with Gasteiger partial charge < -0.3 is 5.32 Å². The van der Waals surface area contributed by atoms with Gasteiger partial charge in [-0.3, -0.25) is 4.90 Å². The standard InChI is InChI=1S/C14H30N2/c1-8-14(4,5)16(7)11-9-10-13(2,3)12(11)15-6/h11-12,15H,8-10H2,1-7H3. The first kappa shape index (κ1) is 14.0. The normalized spacial score (nSPS) is 30.0. The molecule has 0 aromatic carbocycles. The summed E-state index contributed by atoms with van der Waals surface area (Å²) < 4.78 is 0. The Morgan fingerprint density at radius 2 is 1.94 bits per heavy atom. The molecule has 16 heavy (non-hydrogen) atoms. The van der Waals surface area contributed by atoms with Gasteiger partial charge in [-0.25, -0.2) is 0 Å². The fourth-order valence-electron chi connectivity index (χ4n) is 3.06. The van der Waals surface area contributed by atoms with Crippen LogP contribution in [0.2, 0.25) is 0 Å². The Labute approximate surface area is 102 Å². The van der Waals surface area contributed by atoms with Gasteiger partial charge in [0, 0.05) is 17.6 Å². The van der Waals surface area contributed by atoms with Crippen molar-refractivity contribution < 1.29 is 0 Å². The lowest BCUT2D eigenvalue weighted by Crippen LogP contribution is -2.55. The fraction of sp³-hybridized carbons (Fsp3) is 1.00. The Bertz CT molecular complexity index is 233. The first-order valence-electron chi connectivity index (χ1n) is 6.66. The maximum atomic E-state index is 3.54. The van der Waals surface area contributed by atoms with E-state index in [1.807, 2.05) is 0 Å². The van der Waals surface area contributed by atoms with E-state index in [9.17, 15) is 0 Å². The van der Waals surface area contributed by atoms with Crippen LogP contribution in [0.4, 0.5) is 0 Å². The van der Waals surface area contributed by atoms with Crippen LogP contribution in [0.5, 0.6) is 0 Å². The highest BCUT2D eigenvalue weighted by atomic mass is 15.2. The molecule has 0 saturated heterocycles. The third kappa shape index (κ3) is 2.43. The zero-order chi connectivity index (χ0) is 12.6. The van der Waals surface area contributed by atoms with Gasteiger partial charge in [-0.1, -0.05) is 20.8 Å². The SMILES string of the molecule is CCC(C)(C)N(C)C1CCC(C)(C)C1NC. The minimum atomic E-state index is 0.306. The lowest BCUT2D eigenvalue weighted by atomic mass is 9.85. The minimum absolute atomic E-state index is 0.306. The van der Waals surface area contributed by atoms with Crippen molar-refractivity contribution >= 4 is 0 Å². The third-order valence-electron chi connectivity index (χ3n) is 4.94. The van der Waals surface area contributed by atoms with Crippen molar-refractivity contribution in [2.45, 2.75) is 71.5 Å². The highest BCUT2D eigenvalue weighted by molar-refractivity contribution is 5.02. The van der Waals surface area contributed by atoms with E-state index in [2.05, 4.69) is 58.9 Å². The molecule has 1 aliphatic carbocycles. The summed E-state index contributed by atoms with van der Waals surface area (Å²) in [5.41, 5.74) is 0.734. The second-order valence-corrected chi connectivity index (χ2v) is 6.64. The Kier molecular flexibility index (Phi) is 4.07. The molecule has 0 spiro atoms. The Balaban J connectivity index is 2.82. The van der Waals surface area contributed by atoms with Gasteiger partial charge in [0.25, 0.3) is 0 Å². The van der Waals surface area contributed by atoms with E-state index >= 15 is 0 Å². The summed E-state index contributed by atoms with van der Waals surface area (Å²) >= 11 is 0.